The number of hydrogen-bond donors (Lipinski definition) is 0. The average molecular weight is 342 g/mol. The summed E-state index contributed by atoms with van der Waals surface area (Å²) in [6.45, 7) is 4.12. The zero-order valence-electron chi connectivity index (χ0n) is 11.3. The van der Waals surface area contributed by atoms with Gasteiger partial charge in [0.25, 0.3) is 0 Å². The van der Waals surface area contributed by atoms with Crippen LogP contribution < -0.4 is 0 Å². The number of halogens is 1. The maximum absolute atomic E-state index is 12.1. The van der Waals surface area contributed by atoms with Gasteiger partial charge in [0.1, 0.15) is 0 Å². The molecule has 1 aliphatic rings. The minimum absolute atomic E-state index is 0.300. The molecule has 0 saturated carbocycles. The van der Waals surface area contributed by atoms with Crippen LogP contribution >= 0.6 is 27.7 Å². The van der Waals surface area contributed by atoms with Gasteiger partial charge in [0.15, 0.2) is 0 Å². The summed E-state index contributed by atoms with van der Waals surface area (Å²) in [6.07, 6.45) is 2.42. The lowest BCUT2D eigenvalue weighted by molar-refractivity contribution is -0.130. The number of carbonyl (C=O) groups excluding carboxylic acids is 1. The Bertz CT molecular complexity index is 421. The Kier molecular flexibility index (Phi) is 5.76. The first kappa shape index (κ1) is 14.9. The largest absolute Gasteiger partial charge is 0.342 e. The summed E-state index contributed by atoms with van der Waals surface area (Å²) in [7, 11) is 0. The lowest BCUT2D eigenvalue weighted by Crippen LogP contribution is -2.40. The molecule has 1 fully saturated rings. The fraction of sp³-hybridized carbons (Fsp3) is 0.533. The Balaban J connectivity index is 1.73. The fourth-order valence-electron chi connectivity index (χ4n) is 2.34. The van der Waals surface area contributed by atoms with Gasteiger partial charge in [-0.25, -0.2) is 0 Å². The van der Waals surface area contributed by atoms with Gasteiger partial charge in [-0.3, -0.25) is 4.79 Å². The smallest absolute Gasteiger partial charge is 0.232 e. The maximum Gasteiger partial charge on any atom is 0.232 e. The van der Waals surface area contributed by atoms with E-state index < -0.39 is 0 Å². The lowest BCUT2D eigenvalue weighted by atomic mass is 10.0. The predicted octanol–water partition coefficient (Wildman–Crippen LogP) is 3.94. The van der Waals surface area contributed by atoms with Crippen molar-refractivity contribution in [2.24, 2.45) is 5.92 Å². The molecule has 104 valence electrons. The van der Waals surface area contributed by atoms with Crippen LogP contribution in [-0.2, 0) is 10.5 Å². The van der Waals surface area contributed by atoms with Crippen molar-refractivity contribution in [2.75, 3.05) is 18.8 Å². The minimum atomic E-state index is 0.300. The van der Waals surface area contributed by atoms with Crippen molar-refractivity contribution in [2.45, 2.75) is 25.5 Å². The van der Waals surface area contributed by atoms with Gasteiger partial charge in [-0.1, -0.05) is 35.0 Å². The Morgan fingerprint density at radius 3 is 2.84 bits per heavy atom. The molecule has 0 N–H and O–H groups in total. The molecule has 1 aromatic rings. The van der Waals surface area contributed by atoms with Gasteiger partial charge in [0.05, 0.1) is 5.75 Å². The van der Waals surface area contributed by atoms with Crippen molar-refractivity contribution in [3.8, 4) is 0 Å². The van der Waals surface area contributed by atoms with Gasteiger partial charge in [0, 0.05) is 23.3 Å². The van der Waals surface area contributed by atoms with Crippen LogP contribution in [0.5, 0.6) is 0 Å². The monoisotopic (exact) mass is 341 g/mol. The number of carbonyl (C=O) groups is 1. The highest BCUT2D eigenvalue weighted by atomic mass is 79.9. The van der Waals surface area contributed by atoms with E-state index in [-0.39, 0.29) is 0 Å². The van der Waals surface area contributed by atoms with Crippen LogP contribution in [0, 0.1) is 5.92 Å². The number of rotatable bonds is 4. The number of thioether (sulfide) groups is 1. The Hall–Kier alpha value is -0.480. The van der Waals surface area contributed by atoms with Crippen molar-refractivity contribution in [1.82, 2.24) is 4.90 Å². The van der Waals surface area contributed by atoms with Crippen molar-refractivity contribution in [1.29, 1.82) is 0 Å². The summed E-state index contributed by atoms with van der Waals surface area (Å²) in [5, 5.41) is 0. The molecule has 1 heterocycles. The Labute approximate surface area is 128 Å². The van der Waals surface area contributed by atoms with Crippen molar-refractivity contribution < 1.29 is 4.79 Å². The summed E-state index contributed by atoms with van der Waals surface area (Å²) >= 11 is 5.14. The van der Waals surface area contributed by atoms with E-state index in [1.807, 2.05) is 17.0 Å². The molecule has 0 aliphatic carbocycles. The normalized spacial score (nSPS) is 19.5. The van der Waals surface area contributed by atoms with Gasteiger partial charge in [-0.15, -0.1) is 11.8 Å². The molecule has 1 aliphatic heterocycles. The zero-order chi connectivity index (χ0) is 13.7. The minimum Gasteiger partial charge on any atom is -0.342 e. The number of likely N-dealkylation sites (tertiary alicyclic amines) is 1. The van der Waals surface area contributed by atoms with Gasteiger partial charge in [-0.2, -0.15) is 0 Å². The van der Waals surface area contributed by atoms with E-state index in [0.717, 1.165) is 29.7 Å². The highest BCUT2D eigenvalue weighted by molar-refractivity contribution is 9.10. The van der Waals surface area contributed by atoms with Crippen molar-refractivity contribution in [3.05, 3.63) is 34.3 Å². The molecule has 1 aromatic carbocycles. The second-order valence-corrected chi connectivity index (χ2v) is 7.11. The van der Waals surface area contributed by atoms with E-state index in [9.17, 15) is 4.79 Å². The maximum atomic E-state index is 12.1. The first-order chi connectivity index (χ1) is 9.15. The van der Waals surface area contributed by atoms with Crippen LogP contribution in [0.3, 0.4) is 0 Å². The van der Waals surface area contributed by atoms with Crippen molar-refractivity contribution in [3.63, 3.8) is 0 Å². The van der Waals surface area contributed by atoms with E-state index in [4.69, 9.17) is 0 Å². The van der Waals surface area contributed by atoms with E-state index >= 15 is 0 Å². The molecule has 2 nitrogen and oxygen atoms in total. The molecular formula is C15H20BrNOS. The molecule has 2 rings (SSSR count). The molecule has 4 heteroatoms. The van der Waals surface area contributed by atoms with E-state index in [1.54, 1.807) is 11.8 Å². The zero-order valence-corrected chi connectivity index (χ0v) is 13.7. The molecule has 0 radical (unpaired) electrons. The second-order valence-electron chi connectivity index (χ2n) is 5.21. The van der Waals surface area contributed by atoms with Gasteiger partial charge < -0.3 is 4.90 Å². The summed E-state index contributed by atoms with van der Waals surface area (Å²) in [6, 6.07) is 8.29. The topological polar surface area (TPSA) is 20.3 Å². The number of amides is 1. The highest BCUT2D eigenvalue weighted by Crippen LogP contribution is 2.19. The Morgan fingerprint density at radius 1 is 1.42 bits per heavy atom. The summed E-state index contributed by atoms with van der Waals surface area (Å²) < 4.78 is 1.10. The van der Waals surface area contributed by atoms with Crippen LogP contribution in [-0.4, -0.2) is 29.6 Å². The fourth-order valence-corrected chi connectivity index (χ4v) is 3.50. The third-order valence-electron chi connectivity index (χ3n) is 3.42. The van der Waals surface area contributed by atoms with Crippen LogP contribution in [0.15, 0.2) is 28.7 Å². The molecule has 19 heavy (non-hydrogen) atoms. The molecule has 1 amide bonds. The quantitative estimate of drug-likeness (QED) is 0.826. The predicted molar refractivity (Wildman–Crippen MR) is 85.3 cm³/mol. The molecule has 0 aromatic heterocycles. The lowest BCUT2D eigenvalue weighted by Gasteiger charge is -2.30. The number of hydrogen-bond acceptors (Lipinski definition) is 2. The third-order valence-corrected chi connectivity index (χ3v) is 4.93. The molecule has 0 bridgehead atoms. The van der Waals surface area contributed by atoms with Crippen LogP contribution in [0.1, 0.15) is 25.3 Å². The summed E-state index contributed by atoms with van der Waals surface area (Å²) in [4.78, 5) is 14.1. The first-order valence-corrected chi connectivity index (χ1v) is 8.70. The van der Waals surface area contributed by atoms with Gasteiger partial charge in [0.2, 0.25) is 5.91 Å². The third kappa shape index (κ3) is 4.84. The average Bonchev–Trinajstić information content (AvgIpc) is 2.41. The molecule has 0 unspecified atom stereocenters. The summed E-state index contributed by atoms with van der Waals surface area (Å²) in [5.41, 5.74) is 1.27. The van der Waals surface area contributed by atoms with Gasteiger partial charge >= 0.3 is 0 Å². The van der Waals surface area contributed by atoms with Crippen LogP contribution in [0.4, 0.5) is 0 Å². The molecule has 0 spiro atoms. The molecular weight excluding hydrogens is 322 g/mol. The first-order valence-electron chi connectivity index (χ1n) is 6.75. The van der Waals surface area contributed by atoms with E-state index in [2.05, 4.69) is 35.0 Å². The SMILES string of the molecule is C[C@H]1CCCN(C(=O)CSCc2ccc(Br)cc2)C1. The molecule has 1 saturated heterocycles. The summed E-state index contributed by atoms with van der Waals surface area (Å²) in [5.74, 6) is 2.47. The van der Waals surface area contributed by atoms with E-state index in [0.29, 0.717) is 17.6 Å². The highest BCUT2D eigenvalue weighted by Gasteiger charge is 2.20. The van der Waals surface area contributed by atoms with Crippen LogP contribution in [0.25, 0.3) is 0 Å². The number of nitrogens with zero attached hydrogens (tertiary/aromatic N) is 1. The number of piperidine rings is 1. The van der Waals surface area contributed by atoms with Gasteiger partial charge in [-0.05, 0) is 36.5 Å². The number of benzene rings is 1. The second kappa shape index (κ2) is 7.34. The van der Waals surface area contributed by atoms with E-state index in [1.165, 1.54) is 12.0 Å². The van der Waals surface area contributed by atoms with Crippen LogP contribution in [0.2, 0.25) is 0 Å². The molecule has 1 atom stereocenters. The standard InChI is InChI=1S/C15H20BrNOS/c1-12-3-2-8-17(9-12)15(18)11-19-10-13-4-6-14(16)7-5-13/h4-7,12H,2-3,8-11H2,1H3/t12-/m0/s1. The Morgan fingerprint density at radius 2 is 2.16 bits per heavy atom. The van der Waals surface area contributed by atoms with Crippen molar-refractivity contribution >= 4 is 33.6 Å².